The van der Waals surface area contributed by atoms with Gasteiger partial charge in [0.2, 0.25) is 5.91 Å². The quantitative estimate of drug-likeness (QED) is 0.418. The minimum absolute atomic E-state index is 0.00950. The molecule has 0 spiro atoms. The average molecular weight is 361 g/mol. The van der Waals surface area contributed by atoms with Gasteiger partial charge in [-0.05, 0) is 63.2 Å². The van der Waals surface area contributed by atoms with Crippen molar-refractivity contribution in [2.24, 2.45) is 11.8 Å². The molecule has 0 radical (unpaired) electrons. The third-order valence-electron chi connectivity index (χ3n) is 6.85. The maximum atomic E-state index is 12.6. The largest absolute Gasteiger partial charge is 0.441 e. The number of rotatable bonds is 7. The number of ether oxygens (including phenoxy) is 2. The highest BCUT2D eigenvalue weighted by molar-refractivity contribution is 5.79. The zero-order valence-electron chi connectivity index (χ0n) is 15.1. The van der Waals surface area contributed by atoms with Gasteiger partial charge in [-0.3, -0.25) is 9.59 Å². The van der Waals surface area contributed by atoms with Crippen molar-refractivity contribution in [1.29, 1.82) is 5.26 Å². The predicted molar refractivity (Wildman–Crippen MR) is 91.6 cm³/mol. The Hall–Kier alpha value is -1.65. The van der Waals surface area contributed by atoms with Crippen LogP contribution in [0.4, 0.5) is 0 Å². The lowest BCUT2D eigenvalue weighted by Gasteiger charge is -2.61. The molecule has 0 aromatic carbocycles. The molecule has 4 saturated carbocycles. The van der Waals surface area contributed by atoms with Crippen LogP contribution in [-0.4, -0.2) is 54.3 Å². The minimum Gasteiger partial charge on any atom is -0.441 e. The zero-order valence-corrected chi connectivity index (χ0v) is 15.1. The molecule has 1 N–H and O–H groups in total. The second kappa shape index (κ2) is 6.82. The van der Waals surface area contributed by atoms with Crippen LogP contribution in [-0.2, 0) is 19.1 Å². The summed E-state index contributed by atoms with van der Waals surface area (Å²) < 4.78 is 10.8. The highest BCUT2D eigenvalue weighted by atomic mass is 16.7. The first-order valence-corrected chi connectivity index (χ1v) is 9.70. The van der Waals surface area contributed by atoms with E-state index in [1.54, 1.807) is 4.90 Å². The molecule has 1 heterocycles. The van der Waals surface area contributed by atoms with E-state index in [4.69, 9.17) is 9.47 Å². The monoisotopic (exact) mass is 361 g/mol. The van der Waals surface area contributed by atoms with Crippen LogP contribution >= 0.6 is 0 Å². The molecule has 3 unspecified atom stereocenters. The molecule has 5 rings (SSSR count). The second-order valence-corrected chi connectivity index (χ2v) is 8.68. The molecule has 5 atom stereocenters. The summed E-state index contributed by atoms with van der Waals surface area (Å²) in [7, 11) is 0. The van der Waals surface area contributed by atoms with E-state index in [9.17, 15) is 14.9 Å². The summed E-state index contributed by atoms with van der Waals surface area (Å²) in [6, 6.07) is 1.97. The molecule has 5 fully saturated rings. The summed E-state index contributed by atoms with van der Waals surface area (Å²) in [6.07, 6.45) is 8.00. The molecule has 1 aliphatic heterocycles. The van der Waals surface area contributed by atoms with E-state index in [1.165, 1.54) is 6.42 Å². The van der Waals surface area contributed by atoms with Gasteiger partial charge in [0.15, 0.2) is 6.79 Å². The summed E-state index contributed by atoms with van der Waals surface area (Å²) in [5, 5.41) is 12.8. The summed E-state index contributed by atoms with van der Waals surface area (Å²) in [5.74, 6) is 1.24. The highest BCUT2D eigenvalue weighted by Gasteiger charge is 2.58. The van der Waals surface area contributed by atoms with Gasteiger partial charge < -0.3 is 19.7 Å². The minimum atomic E-state index is -0.268. The Balaban J connectivity index is 1.40. The van der Waals surface area contributed by atoms with Crippen molar-refractivity contribution in [2.45, 2.75) is 68.5 Å². The van der Waals surface area contributed by atoms with E-state index in [0.29, 0.717) is 31.4 Å². The number of carbonyl (C=O) groups is 2. The van der Waals surface area contributed by atoms with E-state index in [2.05, 4.69) is 11.4 Å². The summed E-state index contributed by atoms with van der Waals surface area (Å²) >= 11 is 0. The Morgan fingerprint density at radius 2 is 2.08 bits per heavy atom. The molecule has 4 aliphatic carbocycles. The van der Waals surface area contributed by atoms with Gasteiger partial charge in [0.05, 0.1) is 18.2 Å². The number of hydrogen-bond donors (Lipinski definition) is 1. The molecular weight excluding hydrogens is 334 g/mol. The average Bonchev–Trinajstić information content (AvgIpc) is 3.07. The van der Waals surface area contributed by atoms with Crippen molar-refractivity contribution < 1.29 is 19.1 Å². The summed E-state index contributed by atoms with van der Waals surface area (Å²) in [6.45, 7) is 1.41. The molecular formula is C19H27N3O4. The van der Waals surface area contributed by atoms with E-state index < -0.39 is 0 Å². The van der Waals surface area contributed by atoms with Crippen LogP contribution in [0, 0.1) is 23.2 Å². The number of carbonyl (C=O) groups excluding carboxylic acids is 2. The fourth-order valence-corrected chi connectivity index (χ4v) is 6.31. The third kappa shape index (κ3) is 3.21. The molecule has 5 aliphatic rings. The Kier molecular flexibility index (Phi) is 4.66. The predicted octanol–water partition coefficient (Wildman–Crippen LogP) is 1.33. The van der Waals surface area contributed by atoms with Gasteiger partial charge in [0.25, 0.3) is 6.47 Å². The first-order chi connectivity index (χ1) is 12.6. The van der Waals surface area contributed by atoms with Crippen molar-refractivity contribution in [3.05, 3.63) is 0 Å². The topological polar surface area (TPSA) is 91.7 Å². The molecule has 4 bridgehead atoms. The lowest BCUT2D eigenvalue weighted by Crippen LogP contribution is -2.66. The number of amides is 1. The molecule has 1 saturated heterocycles. The standard InChI is InChI=1S/C19H27N3O4/c20-9-16-2-1-3-22(16)17(24)10-21-18-5-14-4-15(6-18)8-19(7-14,11-18)26-13-25-12-23/h12,14-16,21H,1-8,10-11,13H2/t14-,15?,16-,18?,19?/m0/s1. The normalized spacial score (nSPS) is 40.4. The van der Waals surface area contributed by atoms with Crippen molar-refractivity contribution >= 4 is 12.4 Å². The number of hydrogen-bond acceptors (Lipinski definition) is 6. The Bertz CT molecular complexity index is 602. The van der Waals surface area contributed by atoms with E-state index in [-0.39, 0.29) is 29.9 Å². The number of nitriles is 1. The van der Waals surface area contributed by atoms with E-state index in [1.807, 2.05) is 0 Å². The molecule has 7 nitrogen and oxygen atoms in total. The van der Waals surface area contributed by atoms with Crippen LogP contribution in [0.1, 0.15) is 51.4 Å². The molecule has 26 heavy (non-hydrogen) atoms. The highest BCUT2D eigenvalue weighted by Crippen LogP contribution is 2.58. The third-order valence-corrected chi connectivity index (χ3v) is 6.85. The Labute approximate surface area is 154 Å². The van der Waals surface area contributed by atoms with Crippen LogP contribution in [0.3, 0.4) is 0 Å². The summed E-state index contributed by atoms with van der Waals surface area (Å²) in [5.41, 5.74) is -0.297. The lowest BCUT2D eigenvalue weighted by atomic mass is 9.51. The zero-order chi connectivity index (χ0) is 18.2. The Morgan fingerprint density at radius 3 is 2.77 bits per heavy atom. The van der Waals surface area contributed by atoms with Gasteiger partial charge in [0, 0.05) is 12.1 Å². The van der Waals surface area contributed by atoms with Crippen molar-refractivity contribution in [1.82, 2.24) is 10.2 Å². The Morgan fingerprint density at radius 1 is 1.31 bits per heavy atom. The molecule has 0 aromatic heterocycles. The van der Waals surface area contributed by atoms with E-state index >= 15 is 0 Å². The fraction of sp³-hybridized carbons (Fsp3) is 0.842. The molecule has 1 amide bonds. The van der Waals surface area contributed by atoms with Crippen LogP contribution in [0.25, 0.3) is 0 Å². The fourth-order valence-electron chi connectivity index (χ4n) is 6.31. The van der Waals surface area contributed by atoms with Crippen molar-refractivity contribution in [3.63, 3.8) is 0 Å². The second-order valence-electron chi connectivity index (χ2n) is 8.68. The first-order valence-electron chi connectivity index (χ1n) is 9.70. The molecule has 7 heteroatoms. The van der Waals surface area contributed by atoms with Crippen molar-refractivity contribution in [3.8, 4) is 6.07 Å². The number of likely N-dealkylation sites (tertiary alicyclic amines) is 1. The van der Waals surface area contributed by atoms with Gasteiger partial charge in [-0.1, -0.05) is 0 Å². The van der Waals surface area contributed by atoms with Gasteiger partial charge >= 0.3 is 0 Å². The van der Waals surface area contributed by atoms with Gasteiger partial charge in [-0.25, -0.2) is 0 Å². The van der Waals surface area contributed by atoms with Crippen molar-refractivity contribution in [2.75, 3.05) is 19.9 Å². The number of nitrogens with zero attached hydrogens (tertiary/aromatic N) is 2. The van der Waals surface area contributed by atoms with Crippen LogP contribution < -0.4 is 5.32 Å². The van der Waals surface area contributed by atoms with Crippen LogP contribution in [0.5, 0.6) is 0 Å². The lowest BCUT2D eigenvalue weighted by molar-refractivity contribution is -0.212. The van der Waals surface area contributed by atoms with Crippen LogP contribution in [0.2, 0.25) is 0 Å². The maximum Gasteiger partial charge on any atom is 0.295 e. The van der Waals surface area contributed by atoms with Crippen LogP contribution in [0.15, 0.2) is 0 Å². The molecule has 0 aromatic rings. The summed E-state index contributed by atoms with van der Waals surface area (Å²) in [4.78, 5) is 24.8. The van der Waals surface area contributed by atoms with Gasteiger partial charge in [-0.15, -0.1) is 0 Å². The SMILES string of the molecule is N#C[C@@H]1CCCN1C(=O)CNC12CC3C[C@@H](C1)CC(OCOC=O)(C3)C2. The molecule has 142 valence electrons. The maximum absolute atomic E-state index is 12.6. The van der Waals surface area contributed by atoms with Gasteiger partial charge in [-0.2, -0.15) is 5.26 Å². The smallest absolute Gasteiger partial charge is 0.295 e. The van der Waals surface area contributed by atoms with Gasteiger partial charge in [0.1, 0.15) is 6.04 Å². The van der Waals surface area contributed by atoms with E-state index in [0.717, 1.165) is 44.9 Å². The number of nitrogens with one attached hydrogen (secondary N) is 1. The first kappa shape index (κ1) is 17.7.